The lowest BCUT2D eigenvalue weighted by molar-refractivity contribution is -0.138. The molecule has 0 heterocycles. The number of rotatable bonds is 11. The summed E-state index contributed by atoms with van der Waals surface area (Å²) >= 11 is 0. The third-order valence-electron chi connectivity index (χ3n) is 3.84. The van der Waals surface area contributed by atoms with Crippen LogP contribution in [0, 0.1) is 0 Å². The van der Waals surface area contributed by atoms with Crippen molar-refractivity contribution in [3.63, 3.8) is 0 Å². The minimum atomic E-state index is -4.40. The third-order valence-corrected chi connectivity index (χ3v) is 3.84. The summed E-state index contributed by atoms with van der Waals surface area (Å²) in [6.45, 7) is 2.36. The predicted molar refractivity (Wildman–Crippen MR) is 98.6 cm³/mol. The average molecular weight is 368 g/mol. The van der Waals surface area contributed by atoms with Crippen LogP contribution < -0.4 is 0 Å². The van der Waals surface area contributed by atoms with Crippen LogP contribution in [0.3, 0.4) is 0 Å². The van der Waals surface area contributed by atoms with E-state index in [0.717, 1.165) is 31.1 Å². The van der Waals surface area contributed by atoms with Gasteiger partial charge in [0.25, 0.3) is 0 Å². The van der Waals surface area contributed by atoms with Crippen molar-refractivity contribution in [3.05, 3.63) is 53.6 Å². The van der Waals surface area contributed by atoms with E-state index in [0.29, 0.717) is 5.56 Å². The van der Waals surface area contributed by atoms with Crippen molar-refractivity contribution in [3.8, 4) is 0 Å². The van der Waals surface area contributed by atoms with E-state index in [9.17, 15) is 18.0 Å². The molecule has 0 aliphatic heterocycles. The molecular weight excluding hydrogens is 341 g/mol. The molecule has 5 heteroatoms. The maximum Gasteiger partial charge on any atom is 0.416 e. The van der Waals surface area contributed by atoms with Crippen molar-refractivity contribution in [2.75, 3.05) is 6.61 Å². The smallest absolute Gasteiger partial charge is 0.416 e. The van der Waals surface area contributed by atoms with E-state index >= 15 is 0 Å². The van der Waals surface area contributed by atoms with Gasteiger partial charge in [-0.15, -0.1) is 0 Å². The molecular formula is C21H27F3O2. The van der Waals surface area contributed by atoms with E-state index < -0.39 is 17.7 Å². The van der Waals surface area contributed by atoms with E-state index in [1.165, 1.54) is 50.3 Å². The molecule has 0 N–H and O–H groups in total. The van der Waals surface area contributed by atoms with Gasteiger partial charge in [0.15, 0.2) is 0 Å². The van der Waals surface area contributed by atoms with Crippen LogP contribution in [-0.2, 0) is 15.7 Å². The van der Waals surface area contributed by atoms with Gasteiger partial charge in [-0.25, -0.2) is 4.79 Å². The highest BCUT2D eigenvalue weighted by Crippen LogP contribution is 2.29. The quantitative estimate of drug-likeness (QED) is 0.191. The first kappa shape index (κ1) is 22.0. The van der Waals surface area contributed by atoms with Gasteiger partial charge in [0.2, 0.25) is 0 Å². The number of hydrogen-bond acceptors (Lipinski definition) is 2. The number of benzene rings is 1. The first-order valence-electron chi connectivity index (χ1n) is 9.10. The first-order chi connectivity index (χ1) is 12.4. The van der Waals surface area contributed by atoms with Crippen LogP contribution in [0.1, 0.15) is 63.0 Å². The molecule has 0 unspecified atom stereocenters. The minimum Gasteiger partial charge on any atom is -0.458 e. The van der Waals surface area contributed by atoms with Crippen LogP contribution in [0.4, 0.5) is 13.2 Å². The van der Waals surface area contributed by atoms with Gasteiger partial charge in [0.05, 0.1) is 5.56 Å². The first-order valence-corrected chi connectivity index (χ1v) is 9.10. The predicted octanol–water partition coefficient (Wildman–Crippen LogP) is 6.57. The zero-order valence-electron chi connectivity index (χ0n) is 15.2. The molecule has 0 amide bonds. The van der Waals surface area contributed by atoms with Gasteiger partial charge in [-0.05, 0) is 36.6 Å². The highest BCUT2D eigenvalue weighted by atomic mass is 19.4. The number of esters is 1. The van der Waals surface area contributed by atoms with Crippen LogP contribution in [0.5, 0.6) is 0 Å². The molecule has 0 fully saturated rings. The van der Waals surface area contributed by atoms with Crippen molar-refractivity contribution in [1.29, 1.82) is 0 Å². The lowest BCUT2D eigenvalue weighted by Gasteiger charge is -2.06. The lowest BCUT2D eigenvalue weighted by Crippen LogP contribution is -2.04. The molecule has 0 aliphatic carbocycles. The van der Waals surface area contributed by atoms with Crippen LogP contribution in [0.25, 0.3) is 6.08 Å². The molecule has 1 aromatic rings. The Morgan fingerprint density at radius 3 is 2.54 bits per heavy atom. The van der Waals surface area contributed by atoms with Crippen LogP contribution in [0.15, 0.2) is 42.5 Å². The van der Waals surface area contributed by atoms with E-state index in [1.807, 2.05) is 6.08 Å². The van der Waals surface area contributed by atoms with E-state index in [-0.39, 0.29) is 6.61 Å². The summed E-state index contributed by atoms with van der Waals surface area (Å²) in [6.07, 6.45) is 10.2. The van der Waals surface area contributed by atoms with Crippen molar-refractivity contribution in [2.24, 2.45) is 0 Å². The van der Waals surface area contributed by atoms with Crippen LogP contribution >= 0.6 is 0 Å². The van der Waals surface area contributed by atoms with Crippen LogP contribution in [0.2, 0.25) is 0 Å². The normalized spacial score (nSPS) is 12.2. The summed E-state index contributed by atoms with van der Waals surface area (Å²) in [5.74, 6) is -0.577. The Labute approximate surface area is 153 Å². The zero-order chi connectivity index (χ0) is 19.3. The molecule has 144 valence electrons. The summed E-state index contributed by atoms with van der Waals surface area (Å²) in [5.41, 5.74) is -0.443. The minimum absolute atomic E-state index is 0.168. The fourth-order valence-electron chi connectivity index (χ4n) is 2.39. The summed E-state index contributed by atoms with van der Waals surface area (Å²) in [7, 11) is 0. The number of allylic oxidation sites excluding steroid dienone is 1. The molecule has 0 bridgehead atoms. The number of unbranched alkanes of at least 4 members (excludes halogenated alkanes) is 6. The number of ether oxygens (including phenoxy) is 1. The number of halogens is 3. The Hall–Kier alpha value is -2.04. The Morgan fingerprint density at radius 1 is 1.08 bits per heavy atom. The number of carbonyl (C=O) groups is 1. The standard InChI is InChI=1S/C21H27F3O2/c1-2-3-4-5-6-7-8-9-10-16-26-20(25)15-14-18-12-11-13-19(17-18)21(22,23)24/h9-15,17H,2-8,16H2,1H3/b10-9+,15-14+. The highest BCUT2D eigenvalue weighted by Gasteiger charge is 2.30. The molecule has 1 rings (SSSR count). The van der Waals surface area contributed by atoms with Gasteiger partial charge in [0.1, 0.15) is 6.61 Å². The Morgan fingerprint density at radius 2 is 1.81 bits per heavy atom. The SMILES string of the molecule is CCCCCCCC/C=C/COC(=O)/C=C/c1cccc(C(F)(F)F)c1. The topological polar surface area (TPSA) is 26.3 Å². The highest BCUT2D eigenvalue weighted by molar-refractivity contribution is 5.87. The molecule has 0 saturated carbocycles. The summed E-state index contributed by atoms with van der Waals surface area (Å²) in [6, 6.07) is 4.78. The molecule has 2 nitrogen and oxygen atoms in total. The second-order valence-corrected chi connectivity index (χ2v) is 6.11. The molecule has 0 spiro atoms. The van der Waals surface area contributed by atoms with Gasteiger partial charge in [-0.2, -0.15) is 13.2 Å². The largest absolute Gasteiger partial charge is 0.458 e. The number of alkyl halides is 3. The van der Waals surface area contributed by atoms with Crippen molar-refractivity contribution in [1.82, 2.24) is 0 Å². The Balaban J connectivity index is 2.24. The lowest BCUT2D eigenvalue weighted by atomic mass is 10.1. The van der Waals surface area contributed by atoms with Crippen LogP contribution in [-0.4, -0.2) is 12.6 Å². The Kier molecular flexibility index (Phi) is 10.4. The maximum atomic E-state index is 12.6. The second-order valence-electron chi connectivity index (χ2n) is 6.11. The van der Waals surface area contributed by atoms with E-state index in [1.54, 1.807) is 6.08 Å². The molecule has 0 aromatic heterocycles. The van der Waals surface area contributed by atoms with Crippen molar-refractivity contribution in [2.45, 2.75) is 58.0 Å². The summed E-state index contributed by atoms with van der Waals surface area (Å²) < 4.78 is 42.8. The molecule has 0 atom stereocenters. The van der Waals surface area contributed by atoms with Gasteiger partial charge >= 0.3 is 12.1 Å². The van der Waals surface area contributed by atoms with Crippen molar-refractivity contribution < 1.29 is 22.7 Å². The molecule has 0 radical (unpaired) electrons. The summed E-state index contributed by atoms with van der Waals surface area (Å²) in [5, 5.41) is 0. The monoisotopic (exact) mass is 368 g/mol. The molecule has 26 heavy (non-hydrogen) atoms. The maximum absolute atomic E-state index is 12.6. The number of hydrogen-bond donors (Lipinski definition) is 0. The fourth-order valence-corrected chi connectivity index (χ4v) is 2.39. The van der Waals surface area contributed by atoms with E-state index in [4.69, 9.17) is 4.74 Å². The fraction of sp³-hybridized carbons (Fsp3) is 0.476. The van der Waals surface area contributed by atoms with E-state index in [2.05, 4.69) is 6.92 Å². The molecule has 0 saturated heterocycles. The molecule has 1 aromatic carbocycles. The Bertz CT molecular complexity index is 589. The van der Waals surface area contributed by atoms with Gasteiger partial charge in [0, 0.05) is 6.08 Å². The third kappa shape index (κ3) is 10.1. The molecule has 0 aliphatic rings. The average Bonchev–Trinajstić information content (AvgIpc) is 2.61. The van der Waals surface area contributed by atoms with Gasteiger partial charge in [-0.3, -0.25) is 0 Å². The van der Waals surface area contributed by atoms with Gasteiger partial charge in [-0.1, -0.05) is 63.3 Å². The zero-order valence-corrected chi connectivity index (χ0v) is 15.2. The van der Waals surface area contributed by atoms with Gasteiger partial charge < -0.3 is 4.74 Å². The second kappa shape index (κ2) is 12.3. The number of carbonyl (C=O) groups excluding carboxylic acids is 1. The van der Waals surface area contributed by atoms with Crippen molar-refractivity contribution >= 4 is 12.0 Å². The summed E-state index contributed by atoms with van der Waals surface area (Å²) in [4.78, 5) is 11.6.